The van der Waals surface area contributed by atoms with Crippen molar-refractivity contribution < 1.29 is 14.3 Å². The number of rotatable bonds is 6. The van der Waals surface area contributed by atoms with Gasteiger partial charge in [0.2, 0.25) is 5.91 Å². The number of fused-ring (bicyclic) bond motifs is 1. The number of carbonyl (C=O) groups excluding carboxylic acids is 2. The standard InChI is InChI=1S/C28H30N2O3/c1-20-11-9-16-26(22(20)3)33-18-10-17-29-24-14-7-8-15-25(24)30(19-21(2)27(29)31)28(32)23-12-5-4-6-13-23/h4-9,11-16,21H,10,17-19H2,1-3H3. The summed E-state index contributed by atoms with van der Waals surface area (Å²) >= 11 is 0. The highest BCUT2D eigenvalue weighted by Gasteiger charge is 2.33. The number of hydrogen-bond donors (Lipinski definition) is 0. The molecule has 33 heavy (non-hydrogen) atoms. The number of hydrogen-bond acceptors (Lipinski definition) is 3. The molecule has 1 atom stereocenters. The van der Waals surface area contributed by atoms with E-state index in [1.165, 1.54) is 5.56 Å². The first-order valence-electron chi connectivity index (χ1n) is 11.4. The van der Waals surface area contributed by atoms with Gasteiger partial charge in [-0.1, -0.05) is 49.4 Å². The summed E-state index contributed by atoms with van der Waals surface area (Å²) in [5.41, 5.74) is 4.48. The van der Waals surface area contributed by atoms with Crippen LogP contribution in [0, 0.1) is 19.8 Å². The number of ether oxygens (including phenoxy) is 1. The Kier molecular flexibility index (Phi) is 6.78. The number of anilines is 2. The number of nitrogens with zero attached hydrogens (tertiary/aromatic N) is 2. The fourth-order valence-corrected chi connectivity index (χ4v) is 4.20. The van der Waals surface area contributed by atoms with E-state index in [-0.39, 0.29) is 17.7 Å². The number of carbonyl (C=O) groups is 2. The van der Waals surface area contributed by atoms with Crippen molar-refractivity contribution in [1.29, 1.82) is 0 Å². The van der Waals surface area contributed by atoms with Gasteiger partial charge in [-0.15, -0.1) is 0 Å². The third kappa shape index (κ3) is 4.77. The maximum absolute atomic E-state index is 13.3. The predicted octanol–water partition coefficient (Wildman–Crippen LogP) is 5.40. The molecule has 3 aromatic rings. The maximum atomic E-state index is 13.3. The van der Waals surface area contributed by atoms with Gasteiger partial charge in [0.05, 0.1) is 23.9 Å². The zero-order valence-electron chi connectivity index (χ0n) is 19.5. The van der Waals surface area contributed by atoms with Crippen LogP contribution < -0.4 is 14.5 Å². The van der Waals surface area contributed by atoms with Crippen molar-refractivity contribution in [3.8, 4) is 5.75 Å². The first kappa shape index (κ1) is 22.6. The topological polar surface area (TPSA) is 49.9 Å². The molecule has 5 heteroatoms. The molecule has 0 N–H and O–H groups in total. The van der Waals surface area contributed by atoms with Gasteiger partial charge in [-0.25, -0.2) is 0 Å². The van der Waals surface area contributed by atoms with E-state index in [1.807, 2.05) is 78.6 Å². The summed E-state index contributed by atoms with van der Waals surface area (Å²) < 4.78 is 6.00. The number of aryl methyl sites for hydroxylation is 1. The van der Waals surface area contributed by atoms with Crippen molar-refractivity contribution in [3.05, 3.63) is 89.5 Å². The second kappa shape index (κ2) is 9.90. The van der Waals surface area contributed by atoms with Gasteiger partial charge >= 0.3 is 0 Å². The predicted molar refractivity (Wildman–Crippen MR) is 132 cm³/mol. The SMILES string of the molecule is Cc1cccc(OCCCN2C(=O)C(C)CN(C(=O)c3ccccc3)c3ccccc32)c1C. The summed E-state index contributed by atoms with van der Waals surface area (Å²) in [6.45, 7) is 7.39. The van der Waals surface area contributed by atoms with Crippen molar-refractivity contribution in [3.63, 3.8) is 0 Å². The fraction of sp³-hybridized carbons (Fsp3) is 0.286. The van der Waals surface area contributed by atoms with Crippen LogP contribution in [-0.2, 0) is 4.79 Å². The third-order valence-corrected chi connectivity index (χ3v) is 6.21. The molecular weight excluding hydrogens is 412 g/mol. The molecule has 1 aliphatic rings. The second-order valence-corrected chi connectivity index (χ2v) is 8.56. The normalized spacial score (nSPS) is 15.7. The van der Waals surface area contributed by atoms with E-state index in [0.717, 1.165) is 22.7 Å². The summed E-state index contributed by atoms with van der Waals surface area (Å²) in [5.74, 6) is 0.496. The van der Waals surface area contributed by atoms with Gasteiger partial charge in [-0.2, -0.15) is 0 Å². The van der Waals surface area contributed by atoms with Crippen LogP contribution in [0.15, 0.2) is 72.8 Å². The lowest BCUT2D eigenvalue weighted by atomic mass is 10.1. The van der Waals surface area contributed by atoms with E-state index in [1.54, 1.807) is 4.90 Å². The molecule has 3 aromatic carbocycles. The van der Waals surface area contributed by atoms with Gasteiger partial charge in [0.25, 0.3) is 5.91 Å². The van der Waals surface area contributed by atoms with E-state index < -0.39 is 0 Å². The highest BCUT2D eigenvalue weighted by molar-refractivity contribution is 6.11. The molecule has 0 spiro atoms. The Bertz CT molecular complexity index is 1140. The van der Waals surface area contributed by atoms with Crippen LogP contribution >= 0.6 is 0 Å². The van der Waals surface area contributed by atoms with Gasteiger partial charge in [0, 0.05) is 18.7 Å². The van der Waals surface area contributed by atoms with Crippen LogP contribution in [0.5, 0.6) is 5.75 Å². The van der Waals surface area contributed by atoms with Crippen LogP contribution in [0.3, 0.4) is 0 Å². The van der Waals surface area contributed by atoms with E-state index in [4.69, 9.17) is 4.74 Å². The summed E-state index contributed by atoms with van der Waals surface area (Å²) in [6.07, 6.45) is 0.687. The van der Waals surface area contributed by atoms with E-state index >= 15 is 0 Å². The average Bonchev–Trinajstić information content (AvgIpc) is 2.94. The molecule has 0 saturated carbocycles. The van der Waals surface area contributed by atoms with Crippen LogP contribution in [0.1, 0.15) is 34.8 Å². The molecule has 4 rings (SSSR count). The average molecular weight is 443 g/mol. The Morgan fingerprint density at radius 1 is 0.939 bits per heavy atom. The van der Waals surface area contributed by atoms with Crippen molar-refractivity contribution in [2.45, 2.75) is 27.2 Å². The molecule has 170 valence electrons. The minimum absolute atomic E-state index is 0.0255. The smallest absolute Gasteiger partial charge is 0.258 e. The lowest BCUT2D eigenvalue weighted by Gasteiger charge is -2.25. The Balaban J connectivity index is 1.54. The van der Waals surface area contributed by atoms with Gasteiger partial charge in [0.15, 0.2) is 0 Å². The van der Waals surface area contributed by atoms with Gasteiger partial charge in [-0.3, -0.25) is 9.59 Å². The molecule has 0 bridgehead atoms. The van der Waals surface area contributed by atoms with E-state index in [2.05, 4.69) is 19.9 Å². The summed E-state index contributed by atoms with van der Waals surface area (Å²) in [4.78, 5) is 30.2. The lowest BCUT2D eigenvalue weighted by Crippen LogP contribution is -2.39. The number of benzene rings is 3. The molecule has 0 aliphatic carbocycles. The molecule has 0 saturated heterocycles. The largest absolute Gasteiger partial charge is 0.493 e. The van der Waals surface area contributed by atoms with Crippen molar-refractivity contribution >= 4 is 23.2 Å². The summed E-state index contributed by atoms with van der Waals surface area (Å²) in [7, 11) is 0. The molecule has 0 fully saturated rings. The molecule has 2 amide bonds. The van der Waals surface area contributed by atoms with Crippen LogP contribution in [-0.4, -0.2) is 31.5 Å². The summed E-state index contributed by atoms with van der Waals surface area (Å²) in [5, 5.41) is 0. The first-order valence-corrected chi connectivity index (χ1v) is 11.4. The Morgan fingerprint density at radius 3 is 2.39 bits per heavy atom. The Labute approximate surface area is 195 Å². The molecular formula is C28H30N2O3. The summed E-state index contributed by atoms with van der Waals surface area (Å²) in [6, 6.07) is 22.9. The van der Waals surface area contributed by atoms with Crippen LogP contribution in [0.2, 0.25) is 0 Å². The molecule has 1 unspecified atom stereocenters. The van der Waals surface area contributed by atoms with Crippen molar-refractivity contribution in [1.82, 2.24) is 0 Å². The Morgan fingerprint density at radius 2 is 1.64 bits per heavy atom. The molecule has 5 nitrogen and oxygen atoms in total. The van der Waals surface area contributed by atoms with E-state index in [9.17, 15) is 9.59 Å². The quantitative estimate of drug-likeness (QED) is 0.480. The molecule has 0 radical (unpaired) electrons. The highest BCUT2D eigenvalue weighted by Crippen LogP contribution is 2.35. The molecule has 1 heterocycles. The zero-order valence-corrected chi connectivity index (χ0v) is 19.5. The van der Waals surface area contributed by atoms with Gasteiger partial charge in [-0.05, 0) is 61.7 Å². The molecule has 1 aliphatic heterocycles. The van der Waals surface area contributed by atoms with Gasteiger partial charge in [0.1, 0.15) is 5.75 Å². The minimum atomic E-state index is -0.315. The van der Waals surface area contributed by atoms with Crippen LogP contribution in [0.4, 0.5) is 11.4 Å². The first-order chi connectivity index (χ1) is 16.0. The van der Waals surface area contributed by atoms with Crippen LogP contribution in [0.25, 0.3) is 0 Å². The third-order valence-electron chi connectivity index (χ3n) is 6.21. The lowest BCUT2D eigenvalue weighted by molar-refractivity contribution is -0.121. The monoisotopic (exact) mass is 442 g/mol. The Hall–Kier alpha value is -3.60. The van der Waals surface area contributed by atoms with Crippen molar-refractivity contribution in [2.24, 2.45) is 5.92 Å². The van der Waals surface area contributed by atoms with Crippen molar-refractivity contribution in [2.75, 3.05) is 29.5 Å². The number of para-hydroxylation sites is 2. The van der Waals surface area contributed by atoms with E-state index in [0.29, 0.717) is 31.7 Å². The highest BCUT2D eigenvalue weighted by atomic mass is 16.5. The fourth-order valence-electron chi connectivity index (χ4n) is 4.20. The van der Waals surface area contributed by atoms with Gasteiger partial charge < -0.3 is 14.5 Å². The molecule has 0 aromatic heterocycles. The zero-order chi connectivity index (χ0) is 23.4. The number of amides is 2. The second-order valence-electron chi connectivity index (χ2n) is 8.56. The minimum Gasteiger partial charge on any atom is -0.493 e. The maximum Gasteiger partial charge on any atom is 0.258 e.